The molecule has 3 heteroatoms. The van der Waals surface area contributed by atoms with Crippen LogP contribution in [0.5, 0.6) is 0 Å². The molecule has 0 saturated carbocycles. The van der Waals surface area contributed by atoms with E-state index in [1.807, 2.05) is 18.2 Å². The van der Waals surface area contributed by atoms with Crippen molar-refractivity contribution >= 4 is 23.3 Å². The quantitative estimate of drug-likeness (QED) is 0.691. The zero-order valence-electron chi connectivity index (χ0n) is 7.12. The van der Waals surface area contributed by atoms with Gasteiger partial charge in [-0.1, -0.05) is 18.7 Å². The Bertz CT molecular complexity index is 468. The second-order valence-corrected chi connectivity index (χ2v) is 2.78. The van der Waals surface area contributed by atoms with Gasteiger partial charge in [0.25, 0.3) is 0 Å². The van der Waals surface area contributed by atoms with E-state index in [2.05, 4.69) is 28.5 Å². The van der Waals surface area contributed by atoms with Crippen molar-refractivity contribution in [3.63, 3.8) is 0 Å². The first kappa shape index (κ1) is 7.73. The molecule has 0 amide bonds. The van der Waals surface area contributed by atoms with Crippen molar-refractivity contribution in [1.82, 2.24) is 10.2 Å². The van der Waals surface area contributed by atoms with Crippen LogP contribution in [-0.2, 0) is 0 Å². The van der Waals surface area contributed by atoms with E-state index < -0.39 is 0 Å². The number of aromatic amines is 1. The number of fused-ring (bicyclic) bond motifs is 1. The van der Waals surface area contributed by atoms with E-state index in [1.54, 1.807) is 6.20 Å². The number of nitrogens with zero attached hydrogens (tertiary/aromatic N) is 2. The molecule has 1 aromatic heterocycles. The molecule has 0 aliphatic rings. The van der Waals surface area contributed by atoms with Crippen LogP contribution in [0.3, 0.4) is 0 Å². The predicted octanol–water partition coefficient (Wildman–Crippen LogP) is 2.23. The highest BCUT2D eigenvalue weighted by Gasteiger charge is 1.99. The summed E-state index contributed by atoms with van der Waals surface area (Å²) in [6.07, 6.45) is 1.78. The summed E-state index contributed by atoms with van der Waals surface area (Å²) in [4.78, 5) is 3.77. The van der Waals surface area contributed by atoms with Crippen molar-refractivity contribution in [3.05, 3.63) is 36.5 Å². The van der Waals surface area contributed by atoms with Crippen LogP contribution in [-0.4, -0.2) is 16.9 Å². The van der Waals surface area contributed by atoms with Crippen LogP contribution in [0.2, 0.25) is 0 Å². The van der Waals surface area contributed by atoms with Gasteiger partial charge >= 0.3 is 0 Å². The van der Waals surface area contributed by atoms with E-state index in [4.69, 9.17) is 0 Å². The van der Waals surface area contributed by atoms with Gasteiger partial charge in [0.05, 0.1) is 17.4 Å². The first-order valence-corrected chi connectivity index (χ1v) is 3.90. The zero-order chi connectivity index (χ0) is 9.26. The first-order chi connectivity index (χ1) is 6.31. The van der Waals surface area contributed by atoms with Crippen LogP contribution >= 0.6 is 0 Å². The largest absolute Gasteiger partial charge is 0.278 e. The number of hydrogen-bond donors (Lipinski definition) is 1. The number of rotatable bonds is 2. The average molecular weight is 171 g/mol. The number of nitrogens with one attached hydrogen (secondary N) is 1. The lowest BCUT2D eigenvalue weighted by Crippen LogP contribution is -1.78. The maximum absolute atomic E-state index is 3.93. The van der Waals surface area contributed by atoms with Gasteiger partial charge in [0.1, 0.15) is 0 Å². The lowest BCUT2D eigenvalue weighted by molar-refractivity contribution is 1.12. The summed E-state index contributed by atoms with van der Waals surface area (Å²) >= 11 is 0. The first-order valence-electron chi connectivity index (χ1n) is 3.90. The Morgan fingerprint density at radius 1 is 1.46 bits per heavy atom. The van der Waals surface area contributed by atoms with E-state index >= 15 is 0 Å². The summed E-state index contributed by atoms with van der Waals surface area (Å²) in [7, 11) is 0. The highest BCUT2D eigenvalue weighted by molar-refractivity contribution is 5.82. The van der Waals surface area contributed by atoms with E-state index in [9.17, 15) is 0 Å². The van der Waals surface area contributed by atoms with Gasteiger partial charge in [-0.3, -0.25) is 10.1 Å². The molecular formula is C10H9N3. The van der Waals surface area contributed by atoms with Crippen LogP contribution in [0.4, 0.5) is 0 Å². The molecule has 0 bridgehead atoms. The monoisotopic (exact) mass is 171 g/mol. The summed E-state index contributed by atoms with van der Waals surface area (Å²) in [5, 5.41) is 7.90. The Morgan fingerprint density at radius 2 is 2.31 bits per heavy atom. The van der Waals surface area contributed by atoms with Gasteiger partial charge in [-0.2, -0.15) is 5.10 Å². The number of aliphatic imine (C=N–C) groups is 1. The molecule has 13 heavy (non-hydrogen) atoms. The Labute approximate surface area is 75.8 Å². The number of H-pyrrole nitrogens is 1. The fraction of sp³-hybridized carbons (Fsp3) is 0. The molecule has 0 unspecified atom stereocenters. The number of benzene rings is 1. The molecule has 1 heterocycles. The van der Waals surface area contributed by atoms with Gasteiger partial charge in [-0.15, -0.1) is 0 Å². The van der Waals surface area contributed by atoms with Crippen molar-refractivity contribution in [2.75, 3.05) is 0 Å². The Balaban J connectivity index is 2.60. The standard InChI is InChI=1S/C10H9N3/c1-7(11-2)8-3-4-9-6-12-13-10(9)5-8/h3-6H,1-2H2,(H,12,13). The third-order valence-corrected chi connectivity index (χ3v) is 1.97. The fourth-order valence-corrected chi connectivity index (χ4v) is 1.21. The summed E-state index contributed by atoms with van der Waals surface area (Å²) in [6.45, 7) is 7.20. The molecular weight excluding hydrogens is 162 g/mol. The third-order valence-electron chi connectivity index (χ3n) is 1.97. The van der Waals surface area contributed by atoms with Gasteiger partial charge in [0.2, 0.25) is 0 Å². The Hall–Kier alpha value is -1.90. The molecule has 3 nitrogen and oxygen atoms in total. The zero-order valence-corrected chi connectivity index (χ0v) is 7.12. The number of hydrogen-bond acceptors (Lipinski definition) is 2. The SMILES string of the molecule is C=NC(=C)c1ccc2cn[nH]c2c1. The minimum Gasteiger partial charge on any atom is -0.278 e. The molecule has 2 rings (SSSR count). The number of aromatic nitrogens is 2. The summed E-state index contributed by atoms with van der Waals surface area (Å²) in [5.41, 5.74) is 2.63. The molecule has 2 aromatic rings. The summed E-state index contributed by atoms with van der Waals surface area (Å²) in [5.74, 6) is 0. The maximum Gasteiger partial charge on any atom is 0.0657 e. The van der Waals surface area contributed by atoms with Gasteiger partial charge in [-0.25, -0.2) is 0 Å². The van der Waals surface area contributed by atoms with Gasteiger partial charge in [0, 0.05) is 10.9 Å². The van der Waals surface area contributed by atoms with Gasteiger partial charge < -0.3 is 0 Å². The van der Waals surface area contributed by atoms with Crippen molar-refractivity contribution < 1.29 is 0 Å². The molecule has 0 atom stereocenters. The van der Waals surface area contributed by atoms with E-state index in [0.29, 0.717) is 5.70 Å². The van der Waals surface area contributed by atoms with Crippen LogP contribution < -0.4 is 0 Å². The van der Waals surface area contributed by atoms with Crippen molar-refractivity contribution in [2.45, 2.75) is 0 Å². The highest BCUT2D eigenvalue weighted by atomic mass is 15.1. The van der Waals surface area contributed by atoms with E-state index in [1.165, 1.54) is 0 Å². The molecule has 0 radical (unpaired) electrons. The van der Waals surface area contributed by atoms with Gasteiger partial charge in [0.15, 0.2) is 0 Å². The van der Waals surface area contributed by atoms with Crippen molar-refractivity contribution in [3.8, 4) is 0 Å². The van der Waals surface area contributed by atoms with Crippen LogP contribution in [0.25, 0.3) is 16.6 Å². The maximum atomic E-state index is 3.93. The molecule has 0 aliphatic heterocycles. The lowest BCUT2D eigenvalue weighted by Gasteiger charge is -1.98. The summed E-state index contributed by atoms with van der Waals surface area (Å²) < 4.78 is 0. The molecule has 0 saturated heterocycles. The molecule has 0 fully saturated rings. The second kappa shape index (κ2) is 2.86. The normalized spacial score (nSPS) is 10.2. The van der Waals surface area contributed by atoms with Crippen LogP contribution in [0.1, 0.15) is 5.56 Å². The molecule has 64 valence electrons. The molecule has 1 N–H and O–H groups in total. The predicted molar refractivity (Wildman–Crippen MR) is 54.7 cm³/mol. The van der Waals surface area contributed by atoms with Crippen molar-refractivity contribution in [1.29, 1.82) is 0 Å². The molecule has 0 aliphatic carbocycles. The van der Waals surface area contributed by atoms with E-state index in [0.717, 1.165) is 16.5 Å². The van der Waals surface area contributed by atoms with Crippen molar-refractivity contribution in [2.24, 2.45) is 4.99 Å². The molecule has 1 aromatic carbocycles. The summed E-state index contributed by atoms with van der Waals surface area (Å²) in [6, 6.07) is 5.89. The minimum atomic E-state index is 0.677. The lowest BCUT2D eigenvalue weighted by atomic mass is 10.1. The van der Waals surface area contributed by atoms with Crippen LogP contribution in [0.15, 0.2) is 36.0 Å². The Kier molecular flexibility index (Phi) is 1.70. The minimum absolute atomic E-state index is 0.677. The molecule has 0 spiro atoms. The average Bonchev–Trinajstić information content (AvgIpc) is 2.63. The Morgan fingerprint density at radius 3 is 3.08 bits per heavy atom. The second-order valence-electron chi connectivity index (χ2n) is 2.78. The van der Waals surface area contributed by atoms with Gasteiger partial charge in [-0.05, 0) is 12.8 Å². The highest BCUT2D eigenvalue weighted by Crippen LogP contribution is 2.18. The topological polar surface area (TPSA) is 41.0 Å². The van der Waals surface area contributed by atoms with E-state index in [-0.39, 0.29) is 0 Å². The van der Waals surface area contributed by atoms with Crippen LogP contribution in [0, 0.1) is 0 Å². The fourth-order valence-electron chi connectivity index (χ4n) is 1.21. The third kappa shape index (κ3) is 1.24. The smallest absolute Gasteiger partial charge is 0.0657 e.